The van der Waals surface area contributed by atoms with Gasteiger partial charge in [0.05, 0.1) is 19.4 Å². The Morgan fingerprint density at radius 2 is 1.97 bits per heavy atom. The lowest BCUT2D eigenvalue weighted by Gasteiger charge is -2.38. The summed E-state index contributed by atoms with van der Waals surface area (Å²) in [6.07, 6.45) is -1.87. The first-order chi connectivity index (χ1) is 15.6. The molecule has 2 aromatic rings. The molecule has 4 rings (SSSR count). The minimum absolute atomic E-state index is 0. The number of aromatic nitrogens is 1. The number of carbonyl (C=O) groups is 1. The van der Waals surface area contributed by atoms with Crippen LogP contribution in [0.4, 0.5) is 27.6 Å². The fraction of sp³-hybridized carbons (Fsp3) is 0.350. The van der Waals surface area contributed by atoms with E-state index in [1.807, 2.05) is 0 Å². The minimum Gasteiger partial charge on any atom is -0.486 e. The fourth-order valence-corrected chi connectivity index (χ4v) is 3.63. The molecule has 1 saturated heterocycles. The van der Waals surface area contributed by atoms with Crippen molar-refractivity contribution in [3.63, 3.8) is 0 Å². The summed E-state index contributed by atoms with van der Waals surface area (Å²) < 4.78 is 83.8. The van der Waals surface area contributed by atoms with Crippen LogP contribution in [0, 0.1) is 11.6 Å². The molecule has 34 heavy (non-hydrogen) atoms. The molecule has 1 amide bonds. The fourth-order valence-electron chi connectivity index (χ4n) is 3.63. The molecule has 0 spiro atoms. The summed E-state index contributed by atoms with van der Waals surface area (Å²) >= 11 is 0. The summed E-state index contributed by atoms with van der Waals surface area (Å²) in [5, 5.41) is 2.33. The van der Waals surface area contributed by atoms with E-state index in [4.69, 9.17) is 15.2 Å². The maximum atomic E-state index is 15.5. The van der Waals surface area contributed by atoms with Crippen LogP contribution < -0.4 is 15.8 Å². The molecule has 3 heterocycles. The Bertz CT molecular complexity index is 1120. The number of amides is 1. The molecule has 2 aliphatic heterocycles. The smallest absolute Gasteiger partial charge is 0.283 e. The number of alkyl halides is 3. The Labute approximate surface area is 195 Å². The number of aliphatic imine (C=N–C) groups is 1. The van der Waals surface area contributed by atoms with Gasteiger partial charge in [0.1, 0.15) is 24.8 Å². The zero-order valence-electron chi connectivity index (χ0n) is 17.2. The maximum absolute atomic E-state index is 15.5. The van der Waals surface area contributed by atoms with E-state index in [0.29, 0.717) is 0 Å². The summed E-state index contributed by atoms with van der Waals surface area (Å²) in [5.41, 5.74) is 0.628. The number of rotatable bonds is 6. The lowest BCUT2D eigenvalue weighted by atomic mass is 9.78. The van der Waals surface area contributed by atoms with Crippen LogP contribution >= 0.6 is 12.4 Å². The summed E-state index contributed by atoms with van der Waals surface area (Å²) in [5.74, 6) is -3.27. The van der Waals surface area contributed by atoms with Crippen molar-refractivity contribution in [1.29, 1.82) is 0 Å². The molecular formula is C20H18ClF5N4O4. The Morgan fingerprint density at radius 3 is 2.68 bits per heavy atom. The first-order valence-corrected chi connectivity index (χ1v) is 9.56. The van der Waals surface area contributed by atoms with Crippen molar-refractivity contribution in [3.8, 4) is 5.75 Å². The highest BCUT2D eigenvalue weighted by atomic mass is 35.5. The zero-order valence-corrected chi connectivity index (χ0v) is 18.0. The topological polar surface area (TPSA) is 108 Å². The second-order valence-corrected chi connectivity index (χ2v) is 7.41. The molecule has 0 unspecified atom stereocenters. The first kappa shape index (κ1) is 25.4. The number of amidine groups is 1. The predicted octanol–water partition coefficient (Wildman–Crippen LogP) is 2.96. The van der Waals surface area contributed by atoms with E-state index in [1.165, 1.54) is 6.07 Å². The molecule has 2 aliphatic rings. The highest BCUT2D eigenvalue weighted by Crippen LogP contribution is 2.48. The Morgan fingerprint density at radius 1 is 1.21 bits per heavy atom. The number of hydrogen-bond donors (Lipinski definition) is 2. The molecule has 8 nitrogen and oxygen atoms in total. The molecular weight excluding hydrogens is 491 g/mol. The lowest BCUT2D eigenvalue weighted by molar-refractivity contribution is 0.00905. The minimum atomic E-state index is -2.77. The monoisotopic (exact) mass is 508 g/mol. The van der Waals surface area contributed by atoms with Gasteiger partial charge in [-0.15, -0.1) is 12.4 Å². The molecule has 184 valence electrons. The number of hydrogen-bond acceptors (Lipinski definition) is 7. The molecule has 2 atom stereocenters. The summed E-state index contributed by atoms with van der Waals surface area (Å²) in [6.45, 7) is -2.20. The molecule has 3 N–H and O–H groups in total. The van der Waals surface area contributed by atoms with Gasteiger partial charge in [0.15, 0.2) is 22.7 Å². The van der Waals surface area contributed by atoms with E-state index >= 15 is 4.39 Å². The number of fused-ring (bicyclic) bond motifs is 1. The maximum Gasteiger partial charge on any atom is 0.283 e. The van der Waals surface area contributed by atoms with Crippen molar-refractivity contribution in [2.75, 3.05) is 31.7 Å². The number of carbonyl (C=O) groups excluding carboxylic acids is 1. The number of nitrogens with two attached hydrogens (primary N) is 1. The molecule has 1 aromatic heterocycles. The second-order valence-electron chi connectivity index (χ2n) is 7.41. The van der Waals surface area contributed by atoms with E-state index in [2.05, 4.69) is 20.0 Å². The molecule has 1 aromatic carbocycles. The Hall–Kier alpha value is -3.19. The Balaban J connectivity index is 0.00000324. The van der Waals surface area contributed by atoms with Crippen molar-refractivity contribution in [3.05, 3.63) is 53.4 Å². The van der Waals surface area contributed by atoms with Gasteiger partial charge in [-0.3, -0.25) is 4.79 Å². The number of halogens is 6. The lowest BCUT2D eigenvalue weighted by Crippen LogP contribution is -2.55. The van der Waals surface area contributed by atoms with Gasteiger partial charge in [0.2, 0.25) is 0 Å². The van der Waals surface area contributed by atoms with Crippen molar-refractivity contribution in [1.82, 2.24) is 4.98 Å². The highest BCUT2D eigenvalue weighted by molar-refractivity contribution is 6.03. The SMILES string of the molecule is Cl.NC1=N[C@@]2(c3cc(NC(=O)c4ncc(OCC(F)F)cc4F)ccc3F)COC[C@@]2(F)CO1. The van der Waals surface area contributed by atoms with Crippen molar-refractivity contribution < 1.29 is 41.0 Å². The van der Waals surface area contributed by atoms with Crippen molar-refractivity contribution in [2.24, 2.45) is 10.7 Å². The van der Waals surface area contributed by atoms with E-state index in [1.54, 1.807) is 0 Å². The van der Waals surface area contributed by atoms with Crippen molar-refractivity contribution >= 4 is 30.0 Å². The van der Waals surface area contributed by atoms with Crippen LogP contribution in [0.5, 0.6) is 5.75 Å². The molecule has 1 fully saturated rings. The predicted molar refractivity (Wildman–Crippen MR) is 111 cm³/mol. The molecule has 14 heteroatoms. The quantitative estimate of drug-likeness (QED) is 0.581. The molecule has 0 bridgehead atoms. The van der Waals surface area contributed by atoms with Gasteiger partial charge in [-0.05, 0) is 18.2 Å². The third-order valence-electron chi connectivity index (χ3n) is 5.21. The van der Waals surface area contributed by atoms with Crippen LogP contribution in [0.25, 0.3) is 0 Å². The van der Waals surface area contributed by atoms with Gasteiger partial charge in [-0.2, -0.15) is 0 Å². The van der Waals surface area contributed by atoms with Crippen LogP contribution in [0.3, 0.4) is 0 Å². The number of anilines is 1. The summed E-state index contributed by atoms with van der Waals surface area (Å²) in [7, 11) is 0. The van der Waals surface area contributed by atoms with Gasteiger partial charge in [-0.1, -0.05) is 0 Å². The van der Waals surface area contributed by atoms with E-state index in [0.717, 1.165) is 24.4 Å². The van der Waals surface area contributed by atoms with Gasteiger partial charge in [0, 0.05) is 17.3 Å². The average Bonchev–Trinajstić information content (AvgIpc) is 3.10. The number of ether oxygens (including phenoxy) is 3. The van der Waals surface area contributed by atoms with Crippen LogP contribution in [0.2, 0.25) is 0 Å². The van der Waals surface area contributed by atoms with Gasteiger partial charge in [-0.25, -0.2) is 31.9 Å². The zero-order chi connectivity index (χ0) is 23.8. The Kier molecular flexibility index (Phi) is 7.17. The molecule has 0 saturated carbocycles. The summed E-state index contributed by atoms with van der Waals surface area (Å²) in [6, 6.07) is 3.67. The van der Waals surface area contributed by atoms with Crippen LogP contribution in [-0.2, 0) is 15.0 Å². The van der Waals surface area contributed by atoms with Crippen LogP contribution in [-0.4, -0.2) is 55.4 Å². The van der Waals surface area contributed by atoms with Gasteiger partial charge in [0.25, 0.3) is 18.4 Å². The largest absolute Gasteiger partial charge is 0.486 e. The van der Waals surface area contributed by atoms with E-state index in [9.17, 15) is 22.4 Å². The number of benzene rings is 1. The number of nitrogens with zero attached hydrogens (tertiary/aromatic N) is 2. The summed E-state index contributed by atoms with van der Waals surface area (Å²) in [4.78, 5) is 20.1. The van der Waals surface area contributed by atoms with Crippen LogP contribution in [0.15, 0.2) is 35.5 Å². The third-order valence-corrected chi connectivity index (χ3v) is 5.21. The first-order valence-electron chi connectivity index (χ1n) is 9.56. The molecule has 0 aliphatic carbocycles. The number of pyridine rings is 1. The molecule has 0 radical (unpaired) electrons. The van der Waals surface area contributed by atoms with Crippen LogP contribution in [0.1, 0.15) is 16.1 Å². The standard InChI is InChI=1S/C20H17F5N4O4.ClH/c21-13-2-1-10(3-12(13)20-9-31-7-19(20,25)8-33-18(26)29-20)28-17(30)16-14(22)4-11(5-27-16)32-6-15(23)24;/h1-5,15H,6-9H2,(H2,26,29)(H,28,30);1H/t19-,20-;/m1./s1. The van der Waals surface area contributed by atoms with Gasteiger partial charge < -0.3 is 25.3 Å². The van der Waals surface area contributed by atoms with E-state index in [-0.39, 0.29) is 42.0 Å². The normalized spacial score (nSPS) is 23.4. The van der Waals surface area contributed by atoms with E-state index < -0.39 is 60.7 Å². The second kappa shape index (κ2) is 9.58. The van der Waals surface area contributed by atoms with Crippen molar-refractivity contribution in [2.45, 2.75) is 17.6 Å². The average molecular weight is 509 g/mol. The third kappa shape index (κ3) is 4.57. The highest BCUT2D eigenvalue weighted by Gasteiger charge is 2.62. The van der Waals surface area contributed by atoms with Gasteiger partial charge >= 0.3 is 0 Å². The number of nitrogens with one attached hydrogen (secondary N) is 1.